The van der Waals surface area contributed by atoms with E-state index in [1.807, 2.05) is 58.0 Å². The van der Waals surface area contributed by atoms with E-state index in [1.54, 1.807) is 16.4 Å². The van der Waals surface area contributed by atoms with Crippen LogP contribution in [0.3, 0.4) is 0 Å². The first-order valence-electron chi connectivity index (χ1n) is 14.3. The molecule has 2 aromatic rings. The molecule has 3 aliphatic rings. The third kappa shape index (κ3) is 5.36. The molecule has 1 aliphatic carbocycles. The van der Waals surface area contributed by atoms with Crippen molar-refractivity contribution in [2.24, 2.45) is 5.41 Å². The molecule has 2 aromatic carbocycles. The van der Waals surface area contributed by atoms with Gasteiger partial charge in [0.15, 0.2) is 0 Å². The Hall–Kier alpha value is -2.26. The summed E-state index contributed by atoms with van der Waals surface area (Å²) in [4.78, 5) is 12.7. The van der Waals surface area contributed by atoms with E-state index in [0.717, 1.165) is 22.2 Å². The topological polar surface area (TPSA) is 72.9 Å². The summed E-state index contributed by atoms with van der Waals surface area (Å²) in [6.07, 6.45) is 4.18. The van der Waals surface area contributed by atoms with Crippen LogP contribution in [0, 0.1) is 5.41 Å². The predicted octanol–water partition coefficient (Wildman–Crippen LogP) is 5.20. The van der Waals surface area contributed by atoms with Gasteiger partial charge in [-0.1, -0.05) is 68.8 Å². The molecule has 1 atom stereocenters. The van der Waals surface area contributed by atoms with Crippen LogP contribution in [0.1, 0.15) is 78.9 Å². The Kier molecular flexibility index (Phi) is 7.26. The second-order valence-electron chi connectivity index (χ2n) is 13.8. The molecular formula is C32H42BNO5S. The maximum Gasteiger partial charge on any atom is 0.494 e. The number of ketones is 1. The second kappa shape index (κ2) is 9.93. The zero-order valence-electron chi connectivity index (χ0n) is 24.9. The molecule has 1 saturated heterocycles. The van der Waals surface area contributed by atoms with Gasteiger partial charge < -0.3 is 9.31 Å². The molecule has 5 rings (SSSR count). The van der Waals surface area contributed by atoms with Gasteiger partial charge in [0.1, 0.15) is 5.78 Å². The first-order valence-corrected chi connectivity index (χ1v) is 15.7. The average molecular weight is 564 g/mol. The van der Waals surface area contributed by atoms with Crippen molar-refractivity contribution >= 4 is 28.4 Å². The van der Waals surface area contributed by atoms with E-state index in [2.05, 4.69) is 32.9 Å². The lowest BCUT2D eigenvalue weighted by atomic mass is 9.65. The van der Waals surface area contributed by atoms with E-state index in [1.165, 1.54) is 0 Å². The molecule has 40 heavy (non-hydrogen) atoms. The van der Waals surface area contributed by atoms with Gasteiger partial charge in [0.2, 0.25) is 10.0 Å². The minimum atomic E-state index is -3.69. The molecule has 0 bridgehead atoms. The molecule has 1 saturated carbocycles. The molecule has 0 amide bonds. The van der Waals surface area contributed by atoms with Crippen molar-refractivity contribution in [2.75, 3.05) is 13.1 Å². The van der Waals surface area contributed by atoms with Gasteiger partial charge in [0.05, 0.1) is 16.1 Å². The number of fused-ring (bicyclic) bond motifs is 1. The van der Waals surface area contributed by atoms with Gasteiger partial charge >= 0.3 is 7.12 Å². The van der Waals surface area contributed by atoms with Crippen molar-refractivity contribution in [1.29, 1.82) is 0 Å². The van der Waals surface area contributed by atoms with Crippen LogP contribution in [0.5, 0.6) is 0 Å². The van der Waals surface area contributed by atoms with Gasteiger partial charge in [0.25, 0.3) is 0 Å². The number of benzene rings is 2. The normalized spacial score (nSPS) is 25.0. The van der Waals surface area contributed by atoms with Crippen LogP contribution in [0.2, 0.25) is 0 Å². The predicted molar refractivity (Wildman–Crippen MR) is 159 cm³/mol. The number of rotatable bonds is 5. The standard InChI is InChI=1S/C32H42BNO5S/c1-29(2,3)24-10-14-28(15-11-24)40(36,37)34-19-17-25-20-27(35)16-18-32(25,22-34)21-23-8-12-26(13-9-23)33-38-30(4,5)31(6,7)39-33/h8-15,17H,16,18-22H2,1-7H3. The summed E-state index contributed by atoms with van der Waals surface area (Å²) in [5, 5.41) is 0. The van der Waals surface area contributed by atoms with E-state index in [-0.39, 0.29) is 17.7 Å². The third-order valence-electron chi connectivity index (χ3n) is 9.38. The highest BCUT2D eigenvalue weighted by Crippen LogP contribution is 2.46. The highest BCUT2D eigenvalue weighted by molar-refractivity contribution is 7.89. The highest BCUT2D eigenvalue weighted by atomic mass is 32.2. The summed E-state index contributed by atoms with van der Waals surface area (Å²) >= 11 is 0. The maximum atomic E-state index is 13.8. The Bertz CT molecular complexity index is 1410. The van der Waals surface area contributed by atoms with Crippen LogP contribution < -0.4 is 5.46 Å². The lowest BCUT2D eigenvalue weighted by Gasteiger charge is -2.45. The number of nitrogens with zero attached hydrogens (tertiary/aromatic N) is 1. The van der Waals surface area contributed by atoms with Gasteiger partial charge in [-0.05, 0) is 74.7 Å². The van der Waals surface area contributed by atoms with Gasteiger partial charge in [-0.25, -0.2) is 8.42 Å². The fourth-order valence-corrected chi connectivity index (χ4v) is 7.46. The van der Waals surface area contributed by atoms with Gasteiger partial charge in [-0.2, -0.15) is 4.31 Å². The number of Topliss-reactive ketones (excluding diaryl/α,β-unsaturated/α-hetero) is 1. The SMILES string of the molecule is CC(C)(C)c1ccc(S(=O)(=O)N2CC=C3CC(=O)CCC3(Cc3ccc(B4OC(C)(C)C(C)(C)O4)cc3)C2)cc1. The summed E-state index contributed by atoms with van der Waals surface area (Å²) < 4.78 is 41.6. The Morgan fingerprint density at radius 3 is 2.10 bits per heavy atom. The number of hydrogen-bond donors (Lipinski definition) is 0. The summed E-state index contributed by atoms with van der Waals surface area (Å²) in [5.74, 6) is 0.229. The van der Waals surface area contributed by atoms with E-state index in [0.29, 0.717) is 37.1 Å². The smallest absolute Gasteiger partial charge is 0.399 e. The molecule has 0 N–H and O–H groups in total. The summed E-state index contributed by atoms with van der Waals surface area (Å²) in [7, 11) is -4.12. The number of hydrogen-bond acceptors (Lipinski definition) is 5. The van der Waals surface area contributed by atoms with Crippen molar-refractivity contribution < 1.29 is 22.5 Å². The van der Waals surface area contributed by atoms with E-state index >= 15 is 0 Å². The zero-order valence-corrected chi connectivity index (χ0v) is 25.7. The van der Waals surface area contributed by atoms with Crippen LogP contribution in [0.4, 0.5) is 0 Å². The third-order valence-corrected chi connectivity index (χ3v) is 11.2. The molecule has 2 fully saturated rings. The number of carbonyl (C=O) groups excluding carboxylic acids is 1. The molecule has 1 unspecified atom stereocenters. The Morgan fingerprint density at radius 1 is 0.925 bits per heavy atom. The molecule has 2 aliphatic heterocycles. The molecular weight excluding hydrogens is 521 g/mol. The van der Waals surface area contributed by atoms with Crippen LogP contribution >= 0.6 is 0 Å². The summed E-state index contributed by atoms with van der Waals surface area (Å²) in [6, 6.07) is 15.5. The number of carbonyl (C=O) groups is 1. The first kappa shape index (κ1) is 29.2. The van der Waals surface area contributed by atoms with Crippen LogP contribution in [-0.2, 0) is 36.0 Å². The monoisotopic (exact) mass is 563 g/mol. The Labute approximate surface area is 240 Å². The summed E-state index contributed by atoms with van der Waals surface area (Å²) in [6.45, 7) is 15.2. The molecule has 2 heterocycles. The molecule has 6 nitrogen and oxygen atoms in total. The Morgan fingerprint density at radius 2 is 1.52 bits per heavy atom. The largest absolute Gasteiger partial charge is 0.494 e. The minimum absolute atomic E-state index is 0.0538. The van der Waals surface area contributed by atoms with Crippen molar-refractivity contribution in [2.45, 2.75) is 95.7 Å². The van der Waals surface area contributed by atoms with Crippen molar-refractivity contribution in [3.8, 4) is 0 Å². The van der Waals surface area contributed by atoms with E-state index in [9.17, 15) is 13.2 Å². The summed E-state index contributed by atoms with van der Waals surface area (Å²) in [5.41, 5.74) is 2.96. The highest BCUT2D eigenvalue weighted by Gasteiger charge is 2.52. The quantitative estimate of drug-likeness (QED) is 0.370. The zero-order chi connectivity index (χ0) is 29.1. The van der Waals surface area contributed by atoms with E-state index in [4.69, 9.17) is 9.31 Å². The Balaban J connectivity index is 1.39. The number of sulfonamides is 1. The lowest BCUT2D eigenvalue weighted by Crippen LogP contribution is -2.49. The average Bonchev–Trinajstić information content (AvgIpc) is 3.10. The van der Waals surface area contributed by atoms with Gasteiger partial charge in [0, 0.05) is 31.3 Å². The minimum Gasteiger partial charge on any atom is -0.399 e. The second-order valence-corrected chi connectivity index (χ2v) is 15.7. The van der Waals surface area contributed by atoms with Crippen LogP contribution in [0.25, 0.3) is 0 Å². The fourth-order valence-electron chi connectivity index (χ4n) is 5.99. The molecule has 0 aromatic heterocycles. The van der Waals surface area contributed by atoms with Crippen molar-refractivity contribution in [3.05, 3.63) is 71.3 Å². The van der Waals surface area contributed by atoms with Crippen molar-refractivity contribution in [3.63, 3.8) is 0 Å². The molecule has 0 radical (unpaired) electrons. The molecule has 214 valence electrons. The van der Waals surface area contributed by atoms with Gasteiger partial charge in [-0.3, -0.25) is 4.79 Å². The van der Waals surface area contributed by atoms with Gasteiger partial charge in [-0.15, -0.1) is 0 Å². The lowest BCUT2D eigenvalue weighted by molar-refractivity contribution is -0.120. The molecule has 0 spiro atoms. The maximum absolute atomic E-state index is 13.8. The van der Waals surface area contributed by atoms with Crippen LogP contribution in [-0.4, -0.2) is 49.9 Å². The van der Waals surface area contributed by atoms with E-state index < -0.39 is 33.8 Å². The van der Waals surface area contributed by atoms with Crippen LogP contribution in [0.15, 0.2) is 65.1 Å². The fraction of sp³-hybridized carbons (Fsp3) is 0.531. The molecule has 8 heteroatoms. The first-order chi connectivity index (χ1) is 18.5. The van der Waals surface area contributed by atoms with Crippen molar-refractivity contribution in [1.82, 2.24) is 4.31 Å².